The van der Waals surface area contributed by atoms with E-state index >= 15 is 0 Å². The molecule has 1 aliphatic heterocycles. The minimum Gasteiger partial charge on any atom is -0.377 e. The van der Waals surface area contributed by atoms with Crippen LogP contribution < -0.4 is 10.9 Å². The Bertz CT molecular complexity index is 634. The molecule has 3 aliphatic rings. The van der Waals surface area contributed by atoms with E-state index in [1.807, 2.05) is 6.07 Å². The fraction of sp³-hybridized carbons (Fsp3) is 0.789. The summed E-state index contributed by atoms with van der Waals surface area (Å²) in [7, 11) is 0. The molecule has 1 saturated carbocycles. The first-order valence-electron chi connectivity index (χ1n) is 9.66. The molecule has 2 unspecified atom stereocenters. The third kappa shape index (κ3) is 3.29. The van der Waals surface area contributed by atoms with Crippen LogP contribution in [0.3, 0.4) is 0 Å². The zero-order valence-corrected chi connectivity index (χ0v) is 14.7. The van der Waals surface area contributed by atoms with Crippen molar-refractivity contribution in [1.29, 1.82) is 0 Å². The third-order valence-corrected chi connectivity index (χ3v) is 6.06. The molecule has 1 aromatic heterocycles. The molecule has 0 bridgehead atoms. The van der Waals surface area contributed by atoms with E-state index in [1.165, 1.54) is 38.5 Å². The van der Waals surface area contributed by atoms with Gasteiger partial charge in [-0.15, -0.1) is 0 Å². The van der Waals surface area contributed by atoms with Crippen molar-refractivity contribution in [2.45, 2.75) is 76.4 Å². The number of nitrogens with zero attached hydrogens (tertiary/aromatic N) is 2. The highest BCUT2D eigenvalue weighted by Gasteiger charge is 2.34. The van der Waals surface area contributed by atoms with Crippen LogP contribution in [-0.4, -0.2) is 35.1 Å². The molecule has 2 atom stereocenters. The van der Waals surface area contributed by atoms with E-state index in [9.17, 15) is 4.79 Å². The summed E-state index contributed by atoms with van der Waals surface area (Å²) < 4.78 is 7.43. The van der Waals surface area contributed by atoms with E-state index in [4.69, 9.17) is 9.84 Å². The summed E-state index contributed by atoms with van der Waals surface area (Å²) in [5.74, 6) is 0.851. The molecule has 2 aliphatic carbocycles. The van der Waals surface area contributed by atoms with Crippen molar-refractivity contribution >= 4 is 0 Å². The van der Waals surface area contributed by atoms with Crippen molar-refractivity contribution < 1.29 is 4.74 Å². The summed E-state index contributed by atoms with van der Waals surface area (Å²) in [6, 6.07) is 2.61. The van der Waals surface area contributed by atoms with Gasteiger partial charge in [-0.3, -0.25) is 4.79 Å². The monoisotopic (exact) mass is 331 g/mol. The highest BCUT2D eigenvalue weighted by molar-refractivity contribution is 5.20. The maximum Gasteiger partial charge on any atom is 0.267 e. The molecule has 24 heavy (non-hydrogen) atoms. The average molecular weight is 331 g/mol. The van der Waals surface area contributed by atoms with E-state index in [1.54, 1.807) is 4.68 Å². The van der Waals surface area contributed by atoms with Crippen LogP contribution in [-0.2, 0) is 17.6 Å². The van der Waals surface area contributed by atoms with Crippen LogP contribution in [0.5, 0.6) is 0 Å². The van der Waals surface area contributed by atoms with Gasteiger partial charge in [-0.05, 0) is 62.8 Å². The lowest BCUT2D eigenvalue weighted by Crippen LogP contribution is -2.47. The number of aryl methyl sites for hydroxylation is 2. The maximum absolute atomic E-state index is 12.6. The Kier molecular flexibility index (Phi) is 4.72. The first-order chi connectivity index (χ1) is 11.7. The van der Waals surface area contributed by atoms with Gasteiger partial charge in [-0.25, -0.2) is 4.68 Å². The van der Waals surface area contributed by atoms with Crippen LogP contribution in [0.4, 0.5) is 0 Å². The van der Waals surface area contributed by atoms with Gasteiger partial charge in [0.05, 0.1) is 31.0 Å². The minimum absolute atomic E-state index is 0.0316. The molecule has 1 N–H and O–H groups in total. The first-order valence-corrected chi connectivity index (χ1v) is 9.66. The second-order valence-electron chi connectivity index (χ2n) is 7.94. The summed E-state index contributed by atoms with van der Waals surface area (Å²) in [5.41, 5.74) is 2.32. The summed E-state index contributed by atoms with van der Waals surface area (Å²) in [4.78, 5) is 12.6. The van der Waals surface area contributed by atoms with E-state index in [-0.39, 0.29) is 17.6 Å². The van der Waals surface area contributed by atoms with E-state index in [2.05, 4.69) is 12.2 Å². The van der Waals surface area contributed by atoms with Gasteiger partial charge in [0.1, 0.15) is 0 Å². The summed E-state index contributed by atoms with van der Waals surface area (Å²) >= 11 is 0. The highest BCUT2D eigenvalue weighted by Crippen LogP contribution is 2.26. The molecule has 0 spiro atoms. The number of fused-ring (bicyclic) bond motifs is 1. The van der Waals surface area contributed by atoms with Gasteiger partial charge in [-0.2, -0.15) is 5.10 Å². The lowest BCUT2D eigenvalue weighted by Gasteiger charge is -2.31. The van der Waals surface area contributed by atoms with Crippen molar-refractivity contribution in [2.75, 3.05) is 13.2 Å². The molecule has 132 valence electrons. The Balaban J connectivity index is 1.51. The van der Waals surface area contributed by atoms with Crippen molar-refractivity contribution in [3.8, 4) is 0 Å². The van der Waals surface area contributed by atoms with Gasteiger partial charge in [0.15, 0.2) is 0 Å². The molecule has 2 heterocycles. The fourth-order valence-electron chi connectivity index (χ4n) is 4.49. The molecule has 0 amide bonds. The lowest BCUT2D eigenvalue weighted by atomic mass is 9.87. The molecule has 5 nitrogen and oxygen atoms in total. The predicted octanol–water partition coefficient (Wildman–Crippen LogP) is 2.23. The summed E-state index contributed by atoms with van der Waals surface area (Å²) in [6.45, 7) is 3.61. The third-order valence-electron chi connectivity index (χ3n) is 6.06. The normalized spacial score (nSPS) is 33.4. The van der Waals surface area contributed by atoms with E-state index in [0.29, 0.717) is 19.3 Å². The smallest absolute Gasteiger partial charge is 0.267 e. The predicted molar refractivity (Wildman–Crippen MR) is 93.3 cm³/mol. The fourth-order valence-corrected chi connectivity index (χ4v) is 4.49. The Labute approximate surface area is 143 Å². The van der Waals surface area contributed by atoms with Gasteiger partial charge in [0.25, 0.3) is 5.56 Å². The molecular formula is C19H29N3O2. The molecule has 5 heteroatoms. The SMILES string of the molecule is CC1CCC(NC2COCC2n2nc3c(cc2=O)CCCC3)CC1. The molecule has 4 rings (SSSR count). The van der Waals surface area contributed by atoms with Gasteiger partial charge in [-0.1, -0.05) is 6.92 Å². The molecule has 0 aromatic carbocycles. The van der Waals surface area contributed by atoms with E-state index < -0.39 is 0 Å². The lowest BCUT2D eigenvalue weighted by molar-refractivity contribution is 0.178. The number of hydrogen-bond acceptors (Lipinski definition) is 4. The zero-order valence-electron chi connectivity index (χ0n) is 14.7. The van der Waals surface area contributed by atoms with Crippen LogP contribution in [0.15, 0.2) is 10.9 Å². The van der Waals surface area contributed by atoms with Gasteiger partial charge >= 0.3 is 0 Å². The van der Waals surface area contributed by atoms with Crippen molar-refractivity contribution in [3.63, 3.8) is 0 Å². The Hall–Kier alpha value is -1.20. The highest BCUT2D eigenvalue weighted by atomic mass is 16.5. The Morgan fingerprint density at radius 3 is 2.79 bits per heavy atom. The zero-order chi connectivity index (χ0) is 16.5. The molecule has 1 aromatic rings. The number of rotatable bonds is 3. The molecule has 1 saturated heterocycles. The second kappa shape index (κ2) is 6.96. The standard InChI is InChI=1S/C19H29N3O2/c1-13-6-8-15(9-7-13)20-17-11-24-12-18(17)22-19(23)10-14-4-2-3-5-16(14)21-22/h10,13,15,17-18,20H,2-9,11-12H2,1H3. The number of aromatic nitrogens is 2. The first kappa shape index (κ1) is 16.3. The van der Waals surface area contributed by atoms with Crippen LogP contribution in [0, 0.1) is 5.92 Å². The molecule has 2 fully saturated rings. The van der Waals surface area contributed by atoms with Gasteiger partial charge in [0.2, 0.25) is 0 Å². The number of ether oxygens (including phenoxy) is 1. The number of hydrogen-bond donors (Lipinski definition) is 1. The Morgan fingerprint density at radius 2 is 1.96 bits per heavy atom. The number of nitrogens with one attached hydrogen (secondary N) is 1. The summed E-state index contributed by atoms with van der Waals surface area (Å²) in [5, 5.41) is 8.50. The van der Waals surface area contributed by atoms with E-state index in [0.717, 1.165) is 30.0 Å². The average Bonchev–Trinajstić information content (AvgIpc) is 3.04. The summed E-state index contributed by atoms with van der Waals surface area (Å²) in [6.07, 6.45) is 9.42. The van der Waals surface area contributed by atoms with Crippen LogP contribution >= 0.6 is 0 Å². The van der Waals surface area contributed by atoms with Crippen molar-refractivity contribution in [3.05, 3.63) is 27.7 Å². The Morgan fingerprint density at radius 1 is 1.17 bits per heavy atom. The maximum atomic E-state index is 12.6. The van der Waals surface area contributed by atoms with Gasteiger partial charge < -0.3 is 10.1 Å². The quantitative estimate of drug-likeness (QED) is 0.923. The molecular weight excluding hydrogens is 302 g/mol. The van der Waals surface area contributed by atoms with Crippen LogP contribution in [0.25, 0.3) is 0 Å². The van der Waals surface area contributed by atoms with Gasteiger partial charge in [0, 0.05) is 12.1 Å². The largest absolute Gasteiger partial charge is 0.377 e. The van der Waals surface area contributed by atoms with Crippen LogP contribution in [0.2, 0.25) is 0 Å². The van der Waals surface area contributed by atoms with Crippen LogP contribution in [0.1, 0.15) is 62.7 Å². The minimum atomic E-state index is 0.0316. The molecule has 0 radical (unpaired) electrons. The second-order valence-corrected chi connectivity index (χ2v) is 7.94. The van der Waals surface area contributed by atoms with Crippen molar-refractivity contribution in [2.24, 2.45) is 5.92 Å². The topological polar surface area (TPSA) is 56.1 Å². The van der Waals surface area contributed by atoms with Crippen molar-refractivity contribution in [1.82, 2.24) is 15.1 Å².